The Morgan fingerprint density at radius 2 is 1.14 bits per heavy atom. The average Bonchev–Trinajstić information content (AvgIpc) is 2.46. The lowest BCUT2D eigenvalue weighted by molar-refractivity contribution is 0.0849. The van der Waals surface area contributed by atoms with Crippen molar-refractivity contribution in [3.63, 3.8) is 0 Å². The lowest BCUT2D eigenvalue weighted by Crippen LogP contribution is -2.23. The third-order valence-corrected chi connectivity index (χ3v) is 3.06. The molecule has 0 saturated carbocycles. The number of hydrogen-bond donors (Lipinski definition) is 3. The van der Waals surface area contributed by atoms with Crippen molar-refractivity contribution < 1.29 is 39.1 Å². The summed E-state index contributed by atoms with van der Waals surface area (Å²) in [6.45, 7) is 0. The fourth-order valence-electron chi connectivity index (χ4n) is 2.13. The number of phenolic OH excluding ortho intramolecular Hbond substituents is 2. The molecule has 1 aliphatic rings. The topological polar surface area (TPSA) is 123 Å². The van der Waals surface area contributed by atoms with Crippen LogP contribution in [0, 0.1) is 0 Å². The van der Waals surface area contributed by atoms with Crippen LogP contribution in [0.25, 0.3) is 0 Å². The standard InChI is InChI=1S/C13H12O8/c1-19-11-7(15)5-4(6(14)10(11)18)8(16)12(20-2)13(21-3)9(5)17/h16-18H,1-3H3. The van der Waals surface area contributed by atoms with Crippen molar-refractivity contribution in [3.05, 3.63) is 22.6 Å². The molecule has 2 rings (SSSR count). The molecule has 21 heavy (non-hydrogen) atoms. The summed E-state index contributed by atoms with van der Waals surface area (Å²) in [6.07, 6.45) is 0. The minimum Gasteiger partial charge on any atom is -0.504 e. The molecule has 0 unspecified atom stereocenters. The van der Waals surface area contributed by atoms with Gasteiger partial charge in [0.15, 0.2) is 11.5 Å². The lowest BCUT2D eigenvalue weighted by atomic mass is 9.89. The highest BCUT2D eigenvalue weighted by Crippen LogP contribution is 2.50. The van der Waals surface area contributed by atoms with Gasteiger partial charge in [-0.3, -0.25) is 9.59 Å². The Balaban J connectivity index is 2.92. The first-order chi connectivity index (χ1) is 9.90. The molecular weight excluding hydrogens is 284 g/mol. The molecule has 0 amide bonds. The van der Waals surface area contributed by atoms with Crippen LogP contribution in [0.5, 0.6) is 23.0 Å². The minimum absolute atomic E-state index is 0.313. The number of aromatic hydroxyl groups is 2. The first-order valence-electron chi connectivity index (χ1n) is 5.67. The number of Topliss-reactive ketones (excluding diaryl/α,β-unsaturated/α-hetero) is 2. The summed E-state index contributed by atoms with van der Waals surface area (Å²) in [5.74, 6) is -5.68. The summed E-state index contributed by atoms with van der Waals surface area (Å²) >= 11 is 0. The molecule has 1 aliphatic carbocycles. The molecule has 0 saturated heterocycles. The number of benzene rings is 1. The number of aliphatic hydroxyl groups is 1. The van der Waals surface area contributed by atoms with Crippen molar-refractivity contribution in [1.82, 2.24) is 0 Å². The van der Waals surface area contributed by atoms with Crippen LogP contribution in [-0.2, 0) is 4.74 Å². The van der Waals surface area contributed by atoms with Gasteiger partial charge in [-0.2, -0.15) is 0 Å². The molecule has 0 heterocycles. The molecule has 0 aromatic heterocycles. The quantitative estimate of drug-likeness (QED) is 0.703. The molecular formula is C13H12O8. The van der Waals surface area contributed by atoms with Crippen molar-refractivity contribution in [3.8, 4) is 23.0 Å². The molecule has 0 bridgehead atoms. The number of allylic oxidation sites excluding steroid dienone is 2. The largest absolute Gasteiger partial charge is 0.504 e. The number of fused-ring (bicyclic) bond motifs is 1. The van der Waals surface area contributed by atoms with Gasteiger partial charge < -0.3 is 29.5 Å². The third-order valence-electron chi connectivity index (χ3n) is 3.06. The predicted octanol–water partition coefficient (Wildman–Crippen LogP) is 0.910. The van der Waals surface area contributed by atoms with Crippen LogP contribution < -0.4 is 9.47 Å². The summed E-state index contributed by atoms with van der Waals surface area (Å²) < 4.78 is 14.4. The maximum Gasteiger partial charge on any atom is 0.236 e. The number of carbonyl (C=O) groups is 2. The molecule has 0 spiro atoms. The highest BCUT2D eigenvalue weighted by molar-refractivity contribution is 6.28. The third kappa shape index (κ3) is 1.76. The van der Waals surface area contributed by atoms with Gasteiger partial charge in [-0.1, -0.05) is 0 Å². The van der Waals surface area contributed by atoms with Crippen LogP contribution in [0.15, 0.2) is 11.5 Å². The molecule has 3 N–H and O–H groups in total. The minimum atomic E-state index is -1.07. The number of ketones is 2. The van der Waals surface area contributed by atoms with Crippen LogP contribution in [0.4, 0.5) is 0 Å². The number of aliphatic hydroxyl groups excluding tert-OH is 1. The molecule has 1 aromatic carbocycles. The van der Waals surface area contributed by atoms with Gasteiger partial charge >= 0.3 is 0 Å². The van der Waals surface area contributed by atoms with E-state index in [0.29, 0.717) is 0 Å². The maximum absolute atomic E-state index is 12.2. The second-order valence-corrected chi connectivity index (χ2v) is 4.05. The van der Waals surface area contributed by atoms with E-state index in [1.54, 1.807) is 0 Å². The SMILES string of the molecule is COC1=C(O)C(=O)c2c(O)c(OC)c(OC)c(O)c2C1=O. The van der Waals surface area contributed by atoms with Gasteiger partial charge in [-0.15, -0.1) is 0 Å². The van der Waals surface area contributed by atoms with Crippen molar-refractivity contribution in [2.24, 2.45) is 0 Å². The Hall–Kier alpha value is -2.90. The zero-order valence-electron chi connectivity index (χ0n) is 11.4. The molecule has 1 aromatic rings. The second kappa shape index (κ2) is 4.89. The fraction of sp³-hybridized carbons (Fsp3) is 0.231. The van der Waals surface area contributed by atoms with E-state index in [1.165, 1.54) is 14.2 Å². The van der Waals surface area contributed by atoms with Crippen molar-refractivity contribution in [2.45, 2.75) is 0 Å². The monoisotopic (exact) mass is 296 g/mol. The Bertz CT molecular complexity index is 686. The Morgan fingerprint density at radius 3 is 1.52 bits per heavy atom. The lowest BCUT2D eigenvalue weighted by Gasteiger charge is -2.21. The summed E-state index contributed by atoms with van der Waals surface area (Å²) in [5, 5.41) is 29.9. The number of methoxy groups -OCH3 is 3. The van der Waals surface area contributed by atoms with Crippen molar-refractivity contribution >= 4 is 11.6 Å². The van der Waals surface area contributed by atoms with Crippen molar-refractivity contribution in [2.75, 3.05) is 21.3 Å². The number of ether oxygens (including phenoxy) is 3. The molecule has 112 valence electrons. The molecule has 0 atom stereocenters. The average molecular weight is 296 g/mol. The number of rotatable bonds is 3. The van der Waals surface area contributed by atoms with E-state index in [4.69, 9.17) is 9.47 Å². The first kappa shape index (κ1) is 14.5. The van der Waals surface area contributed by atoms with E-state index in [9.17, 15) is 24.9 Å². The summed E-state index contributed by atoms with van der Waals surface area (Å²) in [5.41, 5.74) is -1.10. The zero-order valence-corrected chi connectivity index (χ0v) is 11.4. The summed E-state index contributed by atoms with van der Waals surface area (Å²) in [7, 11) is 3.44. The maximum atomic E-state index is 12.2. The van der Waals surface area contributed by atoms with Crippen LogP contribution in [-0.4, -0.2) is 48.2 Å². The first-order valence-corrected chi connectivity index (χ1v) is 5.67. The smallest absolute Gasteiger partial charge is 0.236 e. The zero-order chi connectivity index (χ0) is 15.9. The summed E-state index contributed by atoms with van der Waals surface area (Å²) in [6, 6.07) is 0. The van der Waals surface area contributed by atoms with Gasteiger partial charge in [0.05, 0.1) is 32.5 Å². The van der Waals surface area contributed by atoms with Gasteiger partial charge in [0.2, 0.25) is 34.6 Å². The number of phenols is 2. The summed E-state index contributed by atoms with van der Waals surface area (Å²) in [4.78, 5) is 24.2. The fourth-order valence-corrected chi connectivity index (χ4v) is 2.13. The molecule has 0 fully saturated rings. The van der Waals surface area contributed by atoms with Crippen LogP contribution in [0.1, 0.15) is 20.7 Å². The van der Waals surface area contributed by atoms with Crippen LogP contribution in [0.3, 0.4) is 0 Å². The van der Waals surface area contributed by atoms with Gasteiger partial charge in [-0.05, 0) is 0 Å². The highest BCUT2D eigenvalue weighted by atomic mass is 16.5. The van der Waals surface area contributed by atoms with Gasteiger partial charge in [0, 0.05) is 0 Å². The van der Waals surface area contributed by atoms with E-state index in [0.717, 1.165) is 7.11 Å². The highest BCUT2D eigenvalue weighted by Gasteiger charge is 2.41. The Labute approximate surface area is 118 Å². The predicted molar refractivity (Wildman–Crippen MR) is 68.2 cm³/mol. The van der Waals surface area contributed by atoms with E-state index in [1.807, 2.05) is 0 Å². The molecule has 0 aliphatic heterocycles. The Kier molecular flexibility index (Phi) is 3.38. The molecule has 0 radical (unpaired) electrons. The number of carbonyl (C=O) groups excluding carboxylic acids is 2. The van der Waals surface area contributed by atoms with E-state index >= 15 is 0 Å². The van der Waals surface area contributed by atoms with Crippen LogP contribution >= 0.6 is 0 Å². The van der Waals surface area contributed by atoms with Crippen molar-refractivity contribution in [1.29, 1.82) is 0 Å². The number of hydrogen-bond acceptors (Lipinski definition) is 8. The second-order valence-electron chi connectivity index (χ2n) is 4.05. The normalized spacial score (nSPS) is 14.0. The molecule has 8 nitrogen and oxygen atoms in total. The van der Waals surface area contributed by atoms with E-state index in [-0.39, 0.29) is 11.5 Å². The molecule has 8 heteroatoms. The van der Waals surface area contributed by atoms with E-state index < -0.39 is 45.7 Å². The Morgan fingerprint density at radius 1 is 0.714 bits per heavy atom. The van der Waals surface area contributed by atoms with Gasteiger partial charge in [0.25, 0.3) is 0 Å². The van der Waals surface area contributed by atoms with E-state index in [2.05, 4.69) is 4.74 Å². The van der Waals surface area contributed by atoms with Gasteiger partial charge in [-0.25, -0.2) is 0 Å². The van der Waals surface area contributed by atoms with Gasteiger partial charge in [0.1, 0.15) is 0 Å². The van der Waals surface area contributed by atoms with Crippen LogP contribution in [0.2, 0.25) is 0 Å².